The van der Waals surface area contributed by atoms with Gasteiger partial charge in [-0.3, -0.25) is 14.5 Å². The monoisotopic (exact) mass is 441 g/mol. The molecule has 7 heteroatoms. The summed E-state index contributed by atoms with van der Waals surface area (Å²) in [5, 5.41) is 12.8. The quantitative estimate of drug-likeness (QED) is 0.709. The molecule has 3 atom stereocenters. The highest BCUT2D eigenvalue weighted by Gasteiger charge is 2.39. The number of aliphatic hydroxyl groups excluding tert-OH is 1. The first kappa shape index (κ1) is 21.7. The van der Waals surface area contributed by atoms with E-state index in [1.165, 1.54) is 45.2 Å². The van der Waals surface area contributed by atoms with Crippen LogP contribution >= 0.6 is 0 Å². The van der Waals surface area contributed by atoms with Crippen LogP contribution in [0.15, 0.2) is 18.2 Å². The Kier molecular flexibility index (Phi) is 6.12. The number of carbonyl (C=O) groups excluding carboxylic acids is 2. The first-order chi connectivity index (χ1) is 15.5. The zero-order valence-corrected chi connectivity index (χ0v) is 19.0. The Bertz CT molecular complexity index is 869. The molecule has 0 bridgehead atoms. The van der Waals surface area contributed by atoms with Gasteiger partial charge >= 0.3 is 0 Å². The summed E-state index contributed by atoms with van der Waals surface area (Å²) < 4.78 is 6.23. The summed E-state index contributed by atoms with van der Waals surface area (Å²) >= 11 is 0. The van der Waals surface area contributed by atoms with Gasteiger partial charge in [0.05, 0.1) is 6.04 Å². The zero-order valence-electron chi connectivity index (χ0n) is 19.0. The van der Waals surface area contributed by atoms with Crippen molar-refractivity contribution in [2.45, 2.75) is 76.7 Å². The molecule has 1 saturated carbocycles. The van der Waals surface area contributed by atoms with Gasteiger partial charge in [-0.25, -0.2) is 0 Å². The number of carbonyl (C=O) groups is 2. The SMILES string of the molecule is C[C@H]1C[C@@H](CN2CCCC[C@@H]2COc2ccc3c(c2)CN(C2CCC(=O)NC2O)C3=O)C1. The highest BCUT2D eigenvalue weighted by Crippen LogP contribution is 2.35. The average Bonchev–Trinajstić information content (AvgIpc) is 3.07. The van der Waals surface area contributed by atoms with Crippen LogP contribution in [-0.4, -0.2) is 64.7 Å². The van der Waals surface area contributed by atoms with Crippen LogP contribution in [0, 0.1) is 11.8 Å². The van der Waals surface area contributed by atoms with Crippen LogP contribution in [0.2, 0.25) is 0 Å². The van der Waals surface area contributed by atoms with Gasteiger partial charge < -0.3 is 20.1 Å². The van der Waals surface area contributed by atoms with Crippen LogP contribution in [-0.2, 0) is 11.3 Å². The Morgan fingerprint density at radius 2 is 2.03 bits per heavy atom. The second-order valence-electron chi connectivity index (χ2n) is 10.3. The summed E-state index contributed by atoms with van der Waals surface area (Å²) in [6, 6.07) is 5.78. The lowest BCUT2D eigenvalue weighted by Crippen LogP contribution is -2.55. The molecule has 2 N–H and O–H groups in total. The standard InChI is InChI=1S/C25H35N3O4/c1-16-10-17(11-16)13-27-9-3-2-4-19(27)15-32-20-5-6-21-18(12-20)14-28(25(21)31)22-7-8-23(29)26-24(22)30/h5-6,12,16-17,19,22,24,30H,2-4,7-11,13-15H2,1H3,(H,26,29)/t16-,17+,19-,22?,24?/m1/s1. The van der Waals surface area contributed by atoms with Gasteiger partial charge in [0.2, 0.25) is 5.91 Å². The van der Waals surface area contributed by atoms with Crippen LogP contribution in [0.25, 0.3) is 0 Å². The average molecular weight is 442 g/mol. The summed E-state index contributed by atoms with van der Waals surface area (Å²) in [5.74, 6) is 2.29. The molecule has 2 unspecified atom stereocenters. The fraction of sp³-hybridized carbons (Fsp3) is 0.680. The topological polar surface area (TPSA) is 82.1 Å². The molecule has 1 aromatic rings. The van der Waals surface area contributed by atoms with Crippen molar-refractivity contribution in [2.24, 2.45) is 11.8 Å². The van der Waals surface area contributed by atoms with Gasteiger partial charge in [-0.15, -0.1) is 0 Å². The molecule has 5 rings (SSSR count). The molecular formula is C25H35N3O4. The molecule has 0 spiro atoms. The maximum absolute atomic E-state index is 12.9. The minimum atomic E-state index is -1.01. The van der Waals surface area contributed by atoms with Crippen molar-refractivity contribution in [3.05, 3.63) is 29.3 Å². The van der Waals surface area contributed by atoms with Crippen molar-refractivity contribution >= 4 is 11.8 Å². The van der Waals surface area contributed by atoms with Crippen LogP contribution in [0.1, 0.15) is 67.8 Å². The number of hydrogen-bond acceptors (Lipinski definition) is 5. The van der Waals surface area contributed by atoms with Crippen LogP contribution in [0.4, 0.5) is 0 Å². The van der Waals surface area contributed by atoms with E-state index in [2.05, 4.69) is 17.1 Å². The molecule has 3 heterocycles. The number of nitrogens with one attached hydrogen (secondary N) is 1. The van der Waals surface area contributed by atoms with E-state index in [0.717, 1.165) is 23.1 Å². The van der Waals surface area contributed by atoms with Crippen molar-refractivity contribution in [3.8, 4) is 5.75 Å². The first-order valence-electron chi connectivity index (χ1n) is 12.3. The highest BCUT2D eigenvalue weighted by molar-refractivity contribution is 5.99. The van der Waals surface area contributed by atoms with E-state index in [0.29, 0.717) is 37.6 Å². The Hall–Kier alpha value is -2.12. The van der Waals surface area contributed by atoms with Crippen molar-refractivity contribution < 1.29 is 19.4 Å². The molecule has 2 amide bonds. The lowest BCUT2D eigenvalue weighted by molar-refractivity contribution is -0.129. The smallest absolute Gasteiger partial charge is 0.254 e. The maximum atomic E-state index is 12.9. The molecule has 3 aliphatic heterocycles. The van der Waals surface area contributed by atoms with E-state index in [4.69, 9.17) is 4.74 Å². The van der Waals surface area contributed by atoms with Gasteiger partial charge in [0.25, 0.3) is 5.91 Å². The molecular weight excluding hydrogens is 406 g/mol. The van der Waals surface area contributed by atoms with Crippen molar-refractivity contribution in [1.82, 2.24) is 15.1 Å². The molecule has 32 heavy (non-hydrogen) atoms. The number of piperidine rings is 2. The molecule has 2 saturated heterocycles. The number of nitrogens with zero attached hydrogens (tertiary/aromatic N) is 2. The molecule has 1 aromatic carbocycles. The van der Waals surface area contributed by atoms with Crippen molar-refractivity contribution in [2.75, 3.05) is 19.7 Å². The second-order valence-corrected chi connectivity index (χ2v) is 10.3. The minimum Gasteiger partial charge on any atom is -0.492 e. The van der Waals surface area contributed by atoms with Crippen molar-refractivity contribution in [3.63, 3.8) is 0 Å². The van der Waals surface area contributed by atoms with E-state index in [-0.39, 0.29) is 17.9 Å². The normalized spacial score (nSPS) is 32.9. The predicted octanol–water partition coefficient (Wildman–Crippen LogP) is 2.52. The number of aliphatic hydroxyl groups is 1. The Balaban J connectivity index is 1.20. The summed E-state index contributed by atoms with van der Waals surface area (Å²) in [4.78, 5) is 28.7. The summed E-state index contributed by atoms with van der Waals surface area (Å²) in [7, 11) is 0. The lowest BCUT2D eigenvalue weighted by atomic mass is 9.75. The number of benzene rings is 1. The van der Waals surface area contributed by atoms with E-state index in [9.17, 15) is 14.7 Å². The molecule has 0 radical (unpaired) electrons. The Labute approximate surface area is 190 Å². The molecule has 4 aliphatic rings. The van der Waals surface area contributed by atoms with Gasteiger partial charge in [0.1, 0.15) is 18.6 Å². The van der Waals surface area contributed by atoms with Gasteiger partial charge in [-0.1, -0.05) is 13.3 Å². The molecule has 1 aliphatic carbocycles. The van der Waals surface area contributed by atoms with E-state index < -0.39 is 6.23 Å². The van der Waals surface area contributed by atoms with Crippen LogP contribution < -0.4 is 10.1 Å². The van der Waals surface area contributed by atoms with Gasteiger partial charge in [0.15, 0.2) is 0 Å². The molecule has 7 nitrogen and oxygen atoms in total. The van der Waals surface area contributed by atoms with E-state index in [1.54, 1.807) is 4.90 Å². The van der Waals surface area contributed by atoms with Gasteiger partial charge in [-0.2, -0.15) is 0 Å². The fourth-order valence-electron chi connectivity index (χ4n) is 6.00. The molecule has 0 aromatic heterocycles. The Morgan fingerprint density at radius 3 is 2.81 bits per heavy atom. The van der Waals surface area contributed by atoms with Gasteiger partial charge in [-0.05, 0) is 74.2 Å². The Morgan fingerprint density at radius 1 is 1.19 bits per heavy atom. The number of rotatable bonds is 6. The van der Waals surface area contributed by atoms with Crippen molar-refractivity contribution in [1.29, 1.82) is 0 Å². The van der Waals surface area contributed by atoms with E-state index in [1.807, 2.05) is 18.2 Å². The maximum Gasteiger partial charge on any atom is 0.254 e. The number of amides is 2. The summed E-state index contributed by atoms with van der Waals surface area (Å²) in [6.07, 6.45) is 6.24. The third kappa shape index (κ3) is 4.37. The first-order valence-corrected chi connectivity index (χ1v) is 12.3. The molecule has 3 fully saturated rings. The van der Waals surface area contributed by atoms with Crippen LogP contribution in [0.5, 0.6) is 5.75 Å². The highest BCUT2D eigenvalue weighted by atomic mass is 16.5. The summed E-state index contributed by atoms with van der Waals surface area (Å²) in [6.45, 7) is 5.85. The number of hydrogen-bond donors (Lipinski definition) is 2. The fourth-order valence-corrected chi connectivity index (χ4v) is 6.00. The van der Waals surface area contributed by atoms with Gasteiger partial charge in [0, 0.05) is 31.1 Å². The minimum absolute atomic E-state index is 0.0834. The third-order valence-corrected chi connectivity index (χ3v) is 7.81. The zero-order chi connectivity index (χ0) is 22.2. The lowest BCUT2D eigenvalue weighted by Gasteiger charge is -2.42. The number of likely N-dealkylation sites (tertiary alicyclic amines) is 1. The number of ether oxygens (including phenoxy) is 1. The summed E-state index contributed by atoms with van der Waals surface area (Å²) in [5.41, 5.74) is 1.60. The van der Waals surface area contributed by atoms with Crippen LogP contribution in [0.3, 0.4) is 0 Å². The predicted molar refractivity (Wildman–Crippen MR) is 120 cm³/mol. The number of fused-ring (bicyclic) bond motifs is 1. The third-order valence-electron chi connectivity index (χ3n) is 7.81. The van der Waals surface area contributed by atoms with E-state index >= 15 is 0 Å². The largest absolute Gasteiger partial charge is 0.492 e. The molecule has 174 valence electrons. The second kappa shape index (κ2) is 9.02.